The molecule has 0 bridgehead atoms. The molecule has 0 unspecified atom stereocenters. The van der Waals surface area contributed by atoms with Gasteiger partial charge in [-0.1, -0.05) is 11.8 Å². The van der Waals surface area contributed by atoms with Crippen LogP contribution >= 0.6 is 11.8 Å². The Bertz CT molecular complexity index is 1190. The van der Waals surface area contributed by atoms with Gasteiger partial charge in [0.05, 0.1) is 25.5 Å². The van der Waals surface area contributed by atoms with E-state index in [0.29, 0.717) is 38.6 Å². The molecule has 0 aliphatic rings. The molecule has 0 saturated heterocycles. The molecule has 0 saturated carbocycles. The maximum atomic E-state index is 13.6. The van der Waals surface area contributed by atoms with Gasteiger partial charge in [0.2, 0.25) is 5.91 Å². The van der Waals surface area contributed by atoms with Crippen molar-refractivity contribution in [2.75, 3.05) is 25.3 Å². The Morgan fingerprint density at radius 2 is 1.90 bits per heavy atom. The lowest BCUT2D eigenvalue weighted by Gasteiger charge is -2.09. The fraction of sp³-hybridized carbons (Fsp3) is 0.150. The van der Waals surface area contributed by atoms with Crippen molar-refractivity contribution in [3.8, 4) is 11.5 Å². The highest BCUT2D eigenvalue weighted by atomic mass is 32.2. The highest BCUT2D eigenvalue weighted by molar-refractivity contribution is 8.00. The average Bonchev–Trinajstić information content (AvgIpc) is 3.10. The van der Waals surface area contributed by atoms with E-state index in [2.05, 4.69) is 20.3 Å². The molecule has 9 heteroatoms. The molecule has 0 radical (unpaired) electrons. The molecule has 148 valence electrons. The second kappa shape index (κ2) is 7.96. The molecular formula is C20H17FN4O3S. The number of anilines is 1. The summed E-state index contributed by atoms with van der Waals surface area (Å²) in [5, 5.41) is 4.11. The number of halogens is 1. The highest BCUT2D eigenvalue weighted by Crippen LogP contribution is 2.30. The first-order chi connectivity index (χ1) is 14.1. The predicted octanol–water partition coefficient (Wildman–Crippen LogP) is 4.00. The van der Waals surface area contributed by atoms with Crippen LogP contribution in [-0.4, -0.2) is 40.8 Å². The van der Waals surface area contributed by atoms with Crippen LogP contribution in [0, 0.1) is 5.82 Å². The molecule has 0 atom stereocenters. The SMILES string of the molecule is COc1cc(NC(=O)CSc2ncnc3c2[nH]c2ccc(F)cc23)cc(OC)c1. The number of H-pyrrole nitrogens is 1. The predicted molar refractivity (Wildman–Crippen MR) is 110 cm³/mol. The molecule has 4 rings (SSSR count). The Hall–Kier alpha value is -3.33. The van der Waals surface area contributed by atoms with Crippen LogP contribution in [0.5, 0.6) is 11.5 Å². The van der Waals surface area contributed by atoms with Crippen LogP contribution in [0.1, 0.15) is 0 Å². The van der Waals surface area contributed by atoms with E-state index in [-0.39, 0.29) is 17.5 Å². The van der Waals surface area contributed by atoms with Gasteiger partial charge < -0.3 is 19.8 Å². The summed E-state index contributed by atoms with van der Waals surface area (Å²) in [4.78, 5) is 24.1. The van der Waals surface area contributed by atoms with Gasteiger partial charge >= 0.3 is 0 Å². The zero-order valence-electron chi connectivity index (χ0n) is 15.7. The Balaban J connectivity index is 1.52. The fourth-order valence-corrected chi connectivity index (χ4v) is 3.72. The number of hydrogen-bond donors (Lipinski definition) is 2. The monoisotopic (exact) mass is 412 g/mol. The number of aromatic nitrogens is 3. The maximum absolute atomic E-state index is 13.6. The third-order valence-corrected chi connectivity index (χ3v) is 5.27. The van der Waals surface area contributed by atoms with Crippen molar-refractivity contribution in [2.45, 2.75) is 5.03 Å². The Morgan fingerprint density at radius 3 is 2.62 bits per heavy atom. The number of ether oxygens (including phenoxy) is 2. The van der Waals surface area contributed by atoms with Crippen molar-refractivity contribution in [1.82, 2.24) is 15.0 Å². The zero-order chi connectivity index (χ0) is 20.4. The van der Waals surface area contributed by atoms with Gasteiger partial charge in [0, 0.05) is 34.8 Å². The van der Waals surface area contributed by atoms with E-state index in [1.165, 1.54) is 30.2 Å². The number of amides is 1. The fourth-order valence-electron chi connectivity index (χ4n) is 2.96. The van der Waals surface area contributed by atoms with Gasteiger partial charge in [-0.2, -0.15) is 0 Å². The summed E-state index contributed by atoms with van der Waals surface area (Å²) in [6.45, 7) is 0. The molecule has 0 fully saturated rings. The smallest absolute Gasteiger partial charge is 0.234 e. The first kappa shape index (κ1) is 19.0. The van der Waals surface area contributed by atoms with Crippen molar-refractivity contribution < 1.29 is 18.7 Å². The number of benzene rings is 2. The molecular weight excluding hydrogens is 395 g/mol. The summed E-state index contributed by atoms with van der Waals surface area (Å²) < 4.78 is 24.0. The summed E-state index contributed by atoms with van der Waals surface area (Å²) in [7, 11) is 3.09. The lowest BCUT2D eigenvalue weighted by atomic mass is 10.2. The molecule has 2 aromatic heterocycles. The second-order valence-electron chi connectivity index (χ2n) is 6.16. The Labute approximate surface area is 169 Å². The third-order valence-electron chi connectivity index (χ3n) is 4.28. The number of rotatable bonds is 6. The van der Waals surface area contributed by atoms with Gasteiger partial charge in [-0.15, -0.1) is 0 Å². The molecule has 2 N–H and O–H groups in total. The first-order valence-electron chi connectivity index (χ1n) is 8.65. The van der Waals surface area contributed by atoms with Crippen molar-refractivity contribution in [3.05, 3.63) is 48.5 Å². The van der Waals surface area contributed by atoms with Crippen molar-refractivity contribution in [3.63, 3.8) is 0 Å². The zero-order valence-corrected chi connectivity index (χ0v) is 16.5. The second-order valence-corrected chi connectivity index (χ2v) is 7.12. The van der Waals surface area contributed by atoms with Crippen LogP contribution in [0.4, 0.5) is 10.1 Å². The number of aromatic amines is 1. The minimum absolute atomic E-state index is 0.134. The van der Waals surface area contributed by atoms with E-state index < -0.39 is 0 Å². The first-order valence-corrected chi connectivity index (χ1v) is 9.63. The number of thioether (sulfide) groups is 1. The van der Waals surface area contributed by atoms with Gasteiger partial charge in [-0.25, -0.2) is 14.4 Å². The quantitative estimate of drug-likeness (QED) is 0.368. The lowest BCUT2D eigenvalue weighted by molar-refractivity contribution is -0.113. The summed E-state index contributed by atoms with van der Waals surface area (Å²) in [5.74, 6) is 0.749. The van der Waals surface area contributed by atoms with E-state index in [9.17, 15) is 9.18 Å². The molecule has 7 nitrogen and oxygen atoms in total. The molecule has 2 aromatic carbocycles. The number of nitrogens with zero attached hydrogens (tertiary/aromatic N) is 2. The minimum Gasteiger partial charge on any atom is -0.497 e. The maximum Gasteiger partial charge on any atom is 0.234 e. The van der Waals surface area contributed by atoms with E-state index >= 15 is 0 Å². The van der Waals surface area contributed by atoms with Crippen LogP contribution in [0.3, 0.4) is 0 Å². The molecule has 0 aliphatic heterocycles. The summed E-state index contributed by atoms with van der Waals surface area (Å²) in [6.07, 6.45) is 1.41. The number of nitrogens with one attached hydrogen (secondary N) is 2. The number of carbonyl (C=O) groups excluding carboxylic acids is 1. The standard InChI is InChI=1S/C20H17FN4O3S/c1-27-13-6-12(7-14(8-13)28-2)24-17(26)9-29-20-19-18(22-10-23-20)15-5-11(21)3-4-16(15)25-19/h3-8,10,25H,9H2,1-2H3,(H,24,26). The molecule has 2 heterocycles. The largest absolute Gasteiger partial charge is 0.497 e. The topological polar surface area (TPSA) is 89.1 Å². The highest BCUT2D eigenvalue weighted by Gasteiger charge is 2.14. The number of carbonyl (C=O) groups is 1. The minimum atomic E-state index is -0.334. The van der Waals surface area contributed by atoms with Crippen molar-refractivity contribution >= 4 is 45.3 Å². The van der Waals surface area contributed by atoms with Crippen molar-refractivity contribution in [2.24, 2.45) is 0 Å². The van der Waals surface area contributed by atoms with Gasteiger partial charge in [0.25, 0.3) is 0 Å². The van der Waals surface area contributed by atoms with Gasteiger partial charge in [-0.05, 0) is 18.2 Å². The van der Waals surface area contributed by atoms with Gasteiger partial charge in [0.15, 0.2) is 0 Å². The van der Waals surface area contributed by atoms with Crippen LogP contribution in [-0.2, 0) is 4.79 Å². The molecule has 0 spiro atoms. The van der Waals surface area contributed by atoms with Crippen LogP contribution in [0.25, 0.3) is 21.9 Å². The van der Waals surface area contributed by atoms with Crippen molar-refractivity contribution in [1.29, 1.82) is 0 Å². The molecule has 29 heavy (non-hydrogen) atoms. The summed E-state index contributed by atoms with van der Waals surface area (Å²) in [5.41, 5.74) is 2.63. The van der Waals surface area contributed by atoms with E-state index in [1.807, 2.05) is 0 Å². The van der Waals surface area contributed by atoms with Crippen LogP contribution in [0.15, 0.2) is 47.8 Å². The molecule has 4 aromatic rings. The van der Waals surface area contributed by atoms with Gasteiger partial charge in [-0.3, -0.25) is 4.79 Å². The Kier molecular flexibility index (Phi) is 5.22. The molecule has 1 amide bonds. The van der Waals surface area contributed by atoms with Crippen LogP contribution in [0.2, 0.25) is 0 Å². The van der Waals surface area contributed by atoms with E-state index in [0.717, 1.165) is 5.52 Å². The van der Waals surface area contributed by atoms with E-state index in [4.69, 9.17) is 9.47 Å². The number of methoxy groups -OCH3 is 2. The Morgan fingerprint density at radius 1 is 1.14 bits per heavy atom. The summed E-state index contributed by atoms with van der Waals surface area (Å²) in [6, 6.07) is 9.61. The average molecular weight is 412 g/mol. The lowest BCUT2D eigenvalue weighted by Crippen LogP contribution is -2.14. The third kappa shape index (κ3) is 3.95. The normalized spacial score (nSPS) is 11.0. The summed E-state index contributed by atoms with van der Waals surface area (Å²) >= 11 is 1.27. The van der Waals surface area contributed by atoms with Crippen LogP contribution < -0.4 is 14.8 Å². The number of fused-ring (bicyclic) bond motifs is 3. The van der Waals surface area contributed by atoms with E-state index in [1.54, 1.807) is 38.5 Å². The van der Waals surface area contributed by atoms with Gasteiger partial charge in [0.1, 0.15) is 34.2 Å². The number of hydrogen-bond acceptors (Lipinski definition) is 6. The molecule has 0 aliphatic carbocycles.